The second-order valence-electron chi connectivity index (χ2n) is 18.6. The minimum atomic E-state index is -1.35. The maximum Gasteiger partial charge on any atom is 0.338 e. The van der Waals surface area contributed by atoms with Crippen LogP contribution in [0.2, 0.25) is 0 Å². The Kier molecular flexibility index (Phi) is 19.9. The fourth-order valence-corrected chi connectivity index (χ4v) is 9.47. The molecule has 0 unspecified atom stereocenters. The molecule has 2 aliphatic rings. The van der Waals surface area contributed by atoms with E-state index in [1.54, 1.807) is 57.2 Å². The number of aryl methyl sites for hydroxylation is 2. The summed E-state index contributed by atoms with van der Waals surface area (Å²) in [4.78, 5) is 94.7. The van der Waals surface area contributed by atoms with Crippen molar-refractivity contribution in [2.75, 3.05) is 39.9 Å². The number of likely N-dealkylation sites (N-methyl/N-ethyl adjacent to an activating group) is 1. The normalized spacial score (nSPS) is 17.5. The maximum absolute atomic E-state index is 15.1. The number of nitrogens with zero attached hydrogens (tertiary/aromatic N) is 4. The lowest BCUT2D eigenvalue weighted by Crippen LogP contribution is -2.46. The minimum absolute atomic E-state index is 0.0603. The summed E-state index contributed by atoms with van der Waals surface area (Å²) in [6.45, 7) is 5.41. The number of urea groups is 1. The first-order chi connectivity index (χ1) is 35.1. The molecule has 8 N–H and O–H groups in total. The molecule has 1 aliphatic heterocycles. The molecule has 1 aliphatic carbocycles. The molecule has 4 atom stereocenters. The number of ketones is 3. The van der Waals surface area contributed by atoms with Crippen LogP contribution in [0, 0.1) is 37.0 Å². The van der Waals surface area contributed by atoms with Gasteiger partial charge in [-0.1, -0.05) is 25.5 Å². The zero-order valence-corrected chi connectivity index (χ0v) is 42.0. The number of fused-ring (bicyclic) bond motifs is 5. The fraction of sp³-hybridized carbons (Fsp3) is 0.463. The van der Waals surface area contributed by atoms with E-state index in [0.717, 1.165) is 37.0 Å². The lowest BCUT2D eigenvalue weighted by Gasteiger charge is -2.32. The number of carbonyl (C=O) groups is 6. The molecule has 4 bridgehead atoms. The SMILES string of the molecule is Cc1nc(-c2ccc(OC3CCCCC3)cc2)nc(C)c1C(=O)C[C@@H](CCNC(=O)NO)C(=O)N(C)[C@@H]1C(=O)C[C@@H](C)C(=O)N[C@H](C(=O)CCC#N)Cc2ccc(OCCN)c(c2)-c2cc1ccc2OCCN. The van der Waals surface area contributed by atoms with E-state index >= 15 is 4.79 Å². The highest BCUT2D eigenvalue weighted by Crippen LogP contribution is 2.41. The molecular formula is C54H67N9O10. The van der Waals surface area contributed by atoms with E-state index in [-0.39, 0.29) is 88.8 Å². The van der Waals surface area contributed by atoms with Crippen molar-refractivity contribution in [3.63, 3.8) is 0 Å². The van der Waals surface area contributed by atoms with Gasteiger partial charge >= 0.3 is 6.03 Å². The molecule has 4 amide bonds. The highest BCUT2D eigenvalue weighted by molar-refractivity contribution is 6.01. The van der Waals surface area contributed by atoms with Gasteiger partial charge in [0.15, 0.2) is 23.2 Å². The number of nitriles is 1. The molecule has 1 aromatic heterocycles. The summed E-state index contributed by atoms with van der Waals surface area (Å²) in [6, 6.07) is 16.4. The van der Waals surface area contributed by atoms with Crippen molar-refractivity contribution in [1.29, 1.82) is 5.26 Å². The van der Waals surface area contributed by atoms with Gasteiger partial charge in [0.05, 0.1) is 35.2 Å². The summed E-state index contributed by atoms with van der Waals surface area (Å²) in [6.07, 6.45) is 4.79. The van der Waals surface area contributed by atoms with E-state index < -0.39 is 53.3 Å². The smallest absolute Gasteiger partial charge is 0.338 e. The average Bonchev–Trinajstić information content (AvgIpc) is 3.38. The molecule has 1 saturated carbocycles. The third-order valence-corrected chi connectivity index (χ3v) is 13.2. The van der Waals surface area contributed by atoms with E-state index in [1.165, 1.54) is 23.8 Å². The summed E-state index contributed by atoms with van der Waals surface area (Å²) in [5.74, 6) is -2.78. The van der Waals surface area contributed by atoms with Gasteiger partial charge in [-0.15, -0.1) is 0 Å². The lowest BCUT2D eigenvalue weighted by atomic mass is 9.88. The van der Waals surface area contributed by atoms with Gasteiger partial charge in [-0.25, -0.2) is 20.2 Å². The van der Waals surface area contributed by atoms with Crippen LogP contribution in [0.25, 0.3) is 22.5 Å². The molecule has 0 spiro atoms. The van der Waals surface area contributed by atoms with E-state index in [0.29, 0.717) is 51.0 Å². The largest absolute Gasteiger partial charge is 0.492 e. The lowest BCUT2D eigenvalue weighted by molar-refractivity contribution is -0.142. The molecule has 3 aromatic carbocycles. The number of benzene rings is 3. The number of ether oxygens (including phenoxy) is 3. The summed E-state index contributed by atoms with van der Waals surface area (Å²) >= 11 is 0. The molecule has 0 radical (unpaired) electrons. The standard InChI is InChI=1S/C54H67N9O10/c1-32-27-46(66)50(37-15-19-48(72-26-23-57)42(30-37)41-28-35(12-18-47(41)71-25-22-56)29-43(61-52(32)67)44(64)11-8-21-55)63(4)53(68)38(20-24-58-54(69)62-70)31-45(65)49-33(2)59-51(60-34(49)3)36-13-16-40(17-14-36)73-39-9-6-5-7-10-39/h12-19,28,30,32,38-39,43,50,70H,5-11,20,22-27,29,31,56-57H2,1-4H3,(H,61,67)(H2,58,62,69)/t32-,38-,43+,50+/m1/s1. The van der Waals surface area contributed by atoms with Gasteiger partial charge in [-0.05, 0) is 112 Å². The number of amides is 4. The van der Waals surface area contributed by atoms with E-state index in [4.69, 9.17) is 35.6 Å². The predicted octanol–water partition coefficient (Wildman–Crippen LogP) is 5.79. The van der Waals surface area contributed by atoms with Crippen molar-refractivity contribution >= 4 is 35.2 Å². The van der Waals surface area contributed by atoms with Gasteiger partial charge in [-0.3, -0.25) is 29.2 Å². The van der Waals surface area contributed by atoms with Crippen LogP contribution in [-0.2, 0) is 25.6 Å². The maximum atomic E-state index is 15.1. The molecule has 6 rings (SSSR count). The third kappa shape index (κ3) is 14.5. The number of rotatable bonds is 20. The topological polar surface area (TPSA) is 291 Å². The first-order valence-electron chi connectivity index (χ1n) is 24.9. The average molecular weight is 1000 g/mol. The van der Waals surface area contributed by atoms with Crippen molar-refractivity contribution in [3.05, 3.63) is 88.7 Å². The Hall–Kier alpha value is -7.27. The number of nitrogens with one attached hydrogen (secondary N) is 3. The van der Waals surface area contributed by atoms with E-state index in [2.05, 4.69) is 10.6 Å². The van der Waals surface area contributed by atoms with Crippen molar-refractivity contribution < 1.29 is 48.2 Å². The fourth-order valence-electron chi connectivity index (χ4n) is 9.47. The quantitative estimate of drug-likeness (QED) is 0.0347. The monoisotopic (exact) mass is 1000 g/mol. The van der Waals surface area contributed by atoms with Gasteiger partial charge in [0.1, 0.15) is 36.5 Å². The van der Waals surface area contributed by atoms with Crippen molar-refractivity contribution in [2.45, 2.75) is 110 Å². The van der Waals surface area contributed by atoms with Gasteiger partial charge < -0.3 is 41.2 Å². The second kappa shape index (κ2) is 26.4. The number of nitrogens with two attached hydrogens (primary N) is 2. The van der Waals surface area contributed by atoms with Crippen LogP contribution in [0.4, 0.5) is 4.79 Å². The first kappa shape index (κ1) is 55.1. The Bertz CT molecular complexity index is 2640. The Morgan fingerprint density at radius 3 is 2.18 bits per heavy atom. The van der Waals surface area contributed by atoms with Crippen molar-refractivity contribution in [2.24, 2.45) is 23.3 Å². The number of hydroxylamine groups is 1. The highest BCUT2D eigenvalue weighted by Gasteiger charge is 2.37. The highest BCUT2D eigenvalue weighted by atomic mass is 16.5. The van der Waals surface area contributed by atoms with Crippen molar-refractivity contribution in [1.82, 2.24) is 31.0 Å². The van der Waals surface area contributed by atoms with Crippen molar-refractivity contribution in [3.8, 4) is 45.8 Å². The molecule has 0 saturated heterocycles. The first-order valence-corrected chi connectivity index (χ1v) is 24.9. The van der Waals surface area contributed by atoms with E-state index in [9.17, 15) is 34.4 Å². The summed E-state index contributed by atoms with van der Waals surface area (Å²) in [5, 5.41) is 23.8. The van der Waals surface area contributed by atoms with Gasteiger partial charge in [0.25, 0.3) is 0 Å². The number of aromatic nitrogens is 2. The van der Waals surface area contributed by atoms with Crippen LogP contribution in [0.15, 0.2) is 60.7 Å². The summed E-state index contributed by atoms with van der Waals surface area (Å²) < 4.78 is 18.5. The zero-order chi connectivity index (χ0) is 52.6. The Morgan fingerprint density at radius 2 is 1.55 bits per heavy atom. The Labute approximate surface area is 425 Å². The van der Waals surface area contributed by atoms with Gasteiger partial charge in [0, 0.05) is 80.9 Å². The molecule has 4 aromatic rings. The molecule has 73 heavy (non-hydrogen) atoms. The van der Waals surface area contributed by atoms with Crippen LogP contribution < -0.4 is 41.8 Å². The number of Topliss-reactive ketones (excluding diaryl/α,β-unsaturated/α-hetero) is 3. The van der Waals surface area contributed by atoms with Crippen LogP contribution in [-0.4, -0.2) is 107 Å². The zero-order valence-electron chi connectivity index (χ0n) is 42.0. The summed E-state index contributed by atoms with van der Waals surface area (Å²) in [5.41, 5.74) is 16.9. The summed E-state index contributed by atoms with van der Waals surface area (Å²) in [7, 11) is 1.43. The van der Waals surface area contributed by atoms with Gasteiger partial charge in [-0.2, -0.15) is 5.26 Å². The number of hydrogen-bond donors (Lipinski definition) is 6. The van der Waals surface area contributed by atoms with Crippen LogP contribution in [0.5, 0.6) is 17.2 Å². The van der Waals surface area contributed by atoms with E-state index in [1.807, 2.05) is 30.3 Å². The van der Waals surface area contributed by atoms with Crippen LogP contribution >= 0.6 is 0 Å². The predicted molar refractivity (Wildman–Crippen MR) is 271 cm³/mol. The molecule has 19 nitrogen and oxygen atoms in total. The molecule has 2 heterocycles. The third-order valence-electron chi connectivity index (χ3n) is 13.2. The molecule has 1 fully saturated rings. The van der Waals surface area contributed by atoms with Crippen LogP contribution in [0.3, 0.4) is 0 Å². The van der Waals surface area contributed by atoms with Crippen LogP contribution in [0.1, 0.15) is 110 Å². The molecule has 388 valence electrons. The Morgan fingerprint density at radius 1 is 0.904 bits per heavy atom. The number of carbonyl (C=O) groups excluding carboxylic acids is 6. The molecular weight excluding hydrogens is 935 g/mol. The minimum Gasteiger partial charge on any atom is -0.492 e. The second-order valence-corrected chi connectivity index (χ2v) is 18.6. The molecule has 19 heteroatoms. The Balaban J connectivity index is 1.38. The van der Waals surface area contributed by atoms with Gasteiger partial charge in [0.2, 0.25) is 11.8 Å². The number of hydrogen-bond acceptors (Lipinski definition) is 15.